The van der Waals surface area contributed by atoms with Crippen molar-refractivity contribution in [1.82, 2.24) is 4.98 Å². The van der Waals surface area contributed by atoms with Gasteiger partial charge in [0.05, 0.1) is 5.69 Å². The Bertz CT molecular complexity index is 873. The summed E-state index contributed by atoms with van der Waals surface area (Å²) in [5.74, 6) is 0. The first-order valence-corrected chi connectivity index (χ1v) is 9.38. The van der Waals surface area contributed by atoms with Gasteiger partial charge in [-0.2, -0.15) is 0 Å². The van der Waals surface area contributed by atoms with Gasteiger partial charge in [-0.1, -0.05) is 42.5 Å². The van der Waals surface area contributed by atoms with E-state index in [4.69, 9.17) is 0 Å². The third kappa shape index (κ3) is 5.34. The molecule has 0 unspecified atom stereocenters. The van der Waals surface area contributed by atoms with Gasteiger partial charge in [-0.3, -0.25) is 4.98 Å². The standard InChI is InChI=1S/C25H27N3/c1-27(2)24-13-8-20(9-14-24)5-6-22-17-18-26-23(19-22)12-7-21-10-15-25(16-11-21)28(3)4/h5-19H,1-4H3/b6-5-,12-7+. The first kappa shape index (κ1) is 19.4. The molecule has 0 aliphatic carbocycles. The second-order valence-corrected chi connectivity index (χ2v) is 7.15. The predicted molar refractivity (Wildman–Crippen MR) is 124 cm³/mol. The van der Waals surface area contributed by atoms with Crippen molar-refractivity contribution in [2.75, 3.05) is 38.0 Å². The molecular weight excluding hydrogens is 342 g/mol. The van der Waals surface area contributed by atoms with E-state index in [2.05, 4.69) is 87.6 Å². The third-order valence-electron chi connectivity index (χ3n) is 4.54. The van der Waals surface area contributed by atoms with Crippen LogP contribution in [0.3, 0.4) is 0 Å². The Morgan fingerprint density at radius 1 is 0.571 bits per heavy atom. The van der Waals surface area contributed by atoms with Crippen molar-refractivity contribution in [2.45, 2.75) is 0 Å². The minimum atomic E-state index is 0.946. The van der Waals surface area contributed by atoms with Crippen molar-refractivity contribution >= 4 is 35.7 Å². The lowest BCUT2D eigenvalue weighted by Gasteiger charge is -2.11. The van der Waals surface area contributed by atoms with Gasteiger partial charge in [-0.05, 0) is 59.2 Å². The molecule has 0 aliphatic heterocycles. The monoisotopic (exact) mass is 369 g/mol. The lowest BCUT2D eigenvalue weighted by atomic mass is 10.1. The molecule has 3 heteroatoms. The molecule has 3 rings (SSSR count). The first-order valence-electron chi connectivity index (χ1n) is 9.38. The van der Waals surface area contributed by atoms with E-state index in [0.29, 0.717) is 0 Å². The van der Waals surface area contributed by atoms with Crippen molar-refractivity contribution in [1.29, 1.82) is 0 Å². The van der Waals surface area contributed by atoms with Gasteiger partial charge in [0.1, 0.15) is 0 Å². The molecule has 0 atom stereocenters. The molecule has 0 spiro atoms. The fourth-order valence-electron chi connectivity index (χ4n) is 2.80. The van der Waals surface area contributed by atoms with Crippen LogP contribution in [0, 0.1) is 0 Å². The summed E-state index contributed by atoms with van der Waals surface area (Å²) in [7, 11) is 8.19. The smallest absolute Gasteiger partial charge is 0.0635 e. The Hall–Kier alpha value is -3.33. The van der Waals surface area contributed by atoms with Gasteiger partial charge in [0.2, 0.25) is 0 Å². The lowest BCUT2D eigenvalue weighted by molar-refractivity contribution is 1.13. The Morgan fingerprint density at radius 2 is 1.04 bits per heavy atom. The number of rotatable bonds is 6. The van der Waals surface area contributed by atoms with E-state index in [1.165, 1.54) is 16.9 Å². The highest BCUT2D eigenvalue weighted by Gasteiger charge is 1.96. The second-order valence-electron chi connectivity index (χ2n) is 7.15. The SMILES string of the molecule is CN(C)c1ccc(/C=C\c2ccnc(/C=C/c3ccc(N(C)C)cc3)c2)cc1. The van der Waals surface area contributed by atoms with E-state index in [0.717, 1.165) is 16.8 Å². The van der Waals surface area contributed by atoms with Gasteiger partial charge >= 0.3 is 0 Å². The van der Waals surface area contributed by atoms with Gasteiger partial charge in [-0.25, -0.2) is 0 Å². The molecule has 142 valence electrons. The van der Waals surface area contributed by atoms with Crippen LogP contribution in [0.2, 0.25) is 0 Å². The molecule has 3 nitrogen and oxygen atoms in total. The van der Waals surface area contributed by atoms with E-state index in [1.807, 2.05) is 46.5 Å². The molecule has 2 aromatic carbocycles. The molecule has 0 amide bonds. The topological polar surface area (TPSA) is 19.4 Å². The fraction of sp³-hybridized carbons (Fsp3) is 0.160. The van der Waals surface area contributed by atoms with E-state index in [-0.39, 0.29) is 0 Å². The van der Waals surface area contributed by atoms with Crippen LogP contribution >= 0.6 is 0 Å². The van der Waals surface area contributed by atoms with Crippen molar-refractivity contribution in [3.05, 3.63) is 89.2 Å². The van der Waals surface area contributed by atoms with Gasteiger partial charge in [0, 0.05) is 45.8 Å². The first-order chi connectivity index (χ1) is 13.5. The Morgan fingerprint density at radius 3 is 1.54 bits per heavy atom. The zero-order chi connectivity index (χ0) is 19.9. The molecule has 1 heterocycles. The van der Waals surface area contributed by atoms with Crippen LogP contribution in [0.15, 0.2) is 66.9 Å². The molecule has 0 aliphatic rings. The summed E-state index contributed by atoms with van der Waals surface area (Å²) >= 11 is 0. The van der Waals surface area contributed by atoms with E-state index >= 15 is 0 Å². The largest absolute Gasteiger partial charge is 0.378 e. The molecule has 0 saturated carbocycles. The van der Waals surface area contributed by atoms with Crippen LogP contribution in [0.5, 0.6) is 0 Å². The summed E-state index contributed by atoms with van der Waals surface area (Å²) < 4.78 is 0. The molecule has 0 fully saturated rings. The molecule has 0 N–H and O–H groups in total. The normalized spacial score (nSPS) is 11.3. The van der Waals surface area contributed by atoms with Gasteiger partial charge in [0.15, 0.2) is 0 Å². The third-order valence-corrected chi connectivity index (χ3v) is 4.54. The molecular formula is C25H27N3. The highest BCUT2D eigenvalue weighted by atomic mass is 15.1. The maximum Gasteiger partial charge on any atom is 0.0635 e. The number of hydrogen-bond acceptors (Lipinski definition) is 3. The van der Waals surface area contributed by atoms with Gasteiger partial charge < -0.3 is 9.80 Å². The molecule has 0 radical (unpaired) electrons. The maximum atomic E-state index is 4.45. The number of aromatic nitrogens is 1. The van der Waals surface area contributed by atoms with E-state index < -0.39 is 0 Å². The van der Waals surface area contributed by atoms with Crippen LogP contribution < -0.4 is 9.80 Å². The Kier molecular flexibility index (Phi) is 6.28. The van der Waals surface area contributed by atoms with Crippen molar-refractivity contribution in [3.8, 4) is 0 Å². The summed E-state index contributed by atoms with van der Waals surface area (Å²) in [6.07, 6.45) is 10.2. The Labute approximate surface area is 168 Å². The summed E-state index contributed by atoms with van der Waals surface area (Å²) in [5.41, 5.74) is 6.82. The average molecular weight is 370 g/mol. The van der Waals surface area contributed by atoms with Gasteiger partial charge in [-0.15, -0.1) is 0 Å². The number of hydrogen-bond donors (Lipinski definition) is 0. The highest BCUT2D eigenvalue weighted by molar-refractivity contribution is 5.73. The highest BCUT2D eigenvalue weighted by Crippen LogP contribution is 2.16. The van der Waals surface area contributed by atoms with Crippen LogP contribution in [-0.4, -0.2) is 33.2 Å². The van der Waals surface area contributed by atoms with E-state index in [9.17, 15) is 0 Å². The predicted octanol–water partition coefficient (Wildman–Crippen LogP) is 5.55. The summed E-state index contributed by atoms with van der Waals surface area (Å²) in [5, 5.41) is 0. The minimum Gasteiger partial charge on any atom is -0.378 e. The summed E-state index contributed by atoms with van der Waals surface area (Å²) in [4.78, 5) is 8.65. The molecule has 3 aromatic rings. The van der Waals surface area contributed by atoms with E-state index in [1.54, 1.807) is 0 Å². The minimum absolute atomic E-state index is 0.946. The van der Waals surface area contributed by atoms with Crippen LogP contribution in [0.4, 0.5) is 11.4 Å². The van der Waals surface area contributed by atoms with Crippen molar-refractivity contribution < 1.29 is 0 Å². The molecule has 0 saturated heterocycles. The second kappa shape index (κ2) is 9.05. The van der Waals surface area contributed by atoms with Crippen LogP contribution in [-0.2, 0) is 0 Å². The maximum absolute atomic E-state index is 4.45. The zero-order valence-corrected chi connectivity index (χ0v) is 17.0. The Balaban J connectivity index is 1.69. The average Bonchev–Trinajstić information content (AvgIpc) is 2.71. The lowest BCUT2D eigenvalue weighted by Crippen LogP contribution is -2.07. The van der Waals surface area contributed by atoms with Crippen LogP contribution in [0.1, 0.15) is 22.4 Å². The number of nitrogens with zero attached hydrogens (tertiary/aromatic N) is 3. The molecule has 28 heavy (non-hydrogen) atoms. The quantitative estimate of drug-likeness (QED) is 0.567. The van der Waals surface area contributed by atoms with Crippen molar-refractivity contribution in [2.24, 2.45) is 0 Å². The number of pyridine rings is 1. The summed E-state index contributed by atoms with van der Waals surface area (Å²) in [6.45, 7) is 0. The fourth-order valence-corrected chi connectivity index (χ4v) is 2.80. The zero-order valence-electron chi connectivity index (χ0n) is 17.0. The number of anilines is 2. The number of benzene rings is 2. The molecule has 0 bridgehead atoms. The van der Waals surface area contributed by atoms with Gasteiger partial charge in [0.25, 0.3) is 0 Å². The van der Waals surface area contributed by atoms with Crippen LogP contribution in [0.25, 0.3) is 24.3 Å². The summed E-state index contributed by atoms with van der Waals surface area (Å²) in [6, 6.07) is 21.1. The van der Waals surface area contributed by atoms with Crippen molar-refractivity contribution in [3.63, 3.8) is 0 Å². The molecule has 1 aromatic heterocycles.